The molecule has 1 N–H and O–H groups in total. The first kappa shape index (κ1) is 13.7. The Hall–Kier alpha value is -0.740. The summed E-state index contributed by atoms with van der Waals surface area (Å²) in [4.78, 5) is 12.3. The number of hydrogen-bond acceptors (Lipinski definition) is 2. The van der Waals surface area contributed by atoms with Crippen molar-refractivity contribution >= 4 is 52.0 Å². The average Bonchev–Trinajstić information content (AvgIpc) is 2.69. The SMILES string of the molecule is O=C(NCc1ccc(Cl)cc1)c1cc(Cl)c(Cl)s1. The van der Waals surface area contributed by atoms with E-state index in [0.717, 1.165) is 16.9 Å². The van der Waals surface area contributed by atoms with Gasteiger partial charge in [0.25, 0.3) is 5.91 Å². The minimum atomic E-state index is -0.191. The second kappa shape index (κ2) is 5.93. The number of amides is 1. The van der Waals surface area contributed by atoms with Gasteiger partial charge in [0, 0.05) is 11.6 Å². The molecule has 1 amide bonds. The zero-order valence-electron chi connectivity index (χ0n) is 9.04. The van der Waals surface area contributed by atoms with Gasteiger partial charge in [-0.3, -0.25) is 4.79 Å². The monoisotopic (exact) mass is 319 g/mol. The van der Waals surface area contributed by atoms with Crippen LogP contribution < -0.4 is 5.32 Å². The third-order valence-electron chi connectivity index (χ3n) is 2.24. The van der Waals surface area contributed by atoms with Crippen LogP contribution in [0.5, 0.6) is 0 Å². The van der Waals surface area contributed by atoms with Crippen LogP contribution in [0.25, 0.3) is 0 Å². The van der Waals surface area contributed by atoms with Crippen LogP contribution in [-0.2, 0) is 6.54 Å². The van der Waals surface area contributed by atoms with Gasteiger partial charge in [0.15, 0.2) is 0 Å². The Kier molecular flexibility index (Phi) is 4.51. The Labute approximate surface area is 123 Å². The van der Waals surface area contributed by atoms with Crippen molar-refractivity contribution in [1.82, 2.24) is 5.32 Å². The number of rotatable bonds is 3. The lowest BCUT2D eigenvalue weighted by atomic mass is 10.2. The average molecular weight is 321 g/mol. The molecule has 0 atom stereocenters. The Morgan fingerprint density at radius 3 is 2.39 bits per heavy atom. The Morgan fingerprint density at radius 1 is 1.17 bits per heavy atom. The molecule has 0 aliphatic heterocycles. The lowest BCUT2D eigenvalue weighted by molar-refractivity contribution is 0.0955. The summed E-state index contributed by atoms with van der Waals surface area (Å²) in [6.07, 6.45) is 0. The third kappa shape index (κ3) is 3.39. The minimum Gasteiger partial charge on any atom is -0.347 e. The molecule has 0 aliphatic rings. The van der Waals surface area contributed by atoms with Crippen LogP contribution in [0.15, 0.2) is 30.3 Å². The summed E-state index contributed by atoms with van der Waals surface area (Å²) in [6, 6.07) is 8.84. The zero-order chi connectivity index (χ0) is 13.1. The van der Waals surface area contributed by atoms with Gasteiger partial charge in [-0.1, -0.05) is 46.9 Å². The molecular weight excluding hydrogens is 313 g/mol. The Morgan fingerprint density at radius 2 is 1.83 bits per heavy atom. The second-order valence-electron chi connectivity index (χ2n) is 3.54. The number of hydrogen-bond donors (Lipinski definition) is 1. The number of carbonyl (C=O) groups is 1. The normalized spacial score (nSPS) is 10.4. The van der Waals surface area contributed by atoms with Crippen LogP contribution in [0, 0.1) is 0 Å². The van der Waals surface area contributed by atoms with Gasteiger partial charge in [0.1, 0.15) is 4.34 Å². The summed E-state index contributed by atoms with van der Waals surface area (Å²) in [5, 5.41) is 3.86. The van der Waals surface area contributed by atoms with Crippen molar-refractivity contribution in [3.8, 4) is 0 Å². The van der Waals surface area contributed by atoms with E-state index < -0.39 is 0 Å². The maximum atomic E-state index is 11.8. The van der Waals surface area contributed by atoms with Gasteiger partial charge in [0.2, 0.25) is 0 Å². The van der Waals surface area contributed by atoms with E-state index in [9.17, 15) is 4.79 Å². The maximum absolute atomic E-state index is 11.8. The molecule has 1 aromatic carbocycles. The van der Waals surface area contributed by atoms with Crippen molar-refractivity contribution in [2.45, 2.75) is 6.54 Å². The first-order chi connectivity index (χ1) is 8.56. The van der Waals surface area contributed by atoms with E-state index in [1.807, 2.05) is 12.1 Å². The molecule has 6 heteroatoms. The molecule has 0 saturated carbocycles. The van der Waals surface area contributed by atoms with Crippen molar-refractivity contribution in [2.75, 3.05) is 0 Å². The van der Waals surface area contributed by atoms with Crippen molar-refractivity contribution in [3.63, 3.8) is 0 Å². The van der Waals surface area contributed by atoms with E-state index in [4.69, 9.17) is 34.8 Å². The lowest BCUT2D eigenvalue weighted by Crippen LogP contribution is -2.21. The number of halogens is 3. The van der Waals surface area contributed by atoms with Crippen molar-refractivity contribution in [2.24, 2.45) is 0 Å². The van der Waals surface area contributed by atoms with Gasteiger partial charge < -0.3 is 5.32 Å². The van der Waals surface area contributed by atoms with Gasteiger partial charge >= 0.3 is 0 Å². The van der Waals surface area contributed by atoms with Gasteiger partial charge in [-0.2, -0.15) is 0 Å². The second-order valence-corrected chi connectivity index (χ2v) is 6.04. The van der Waals surface area contributed by atoms with Crippen molar-refractivity contribution in [3.05, 3.63) is 55.2 Å². The molecule has 0 saturated heterocycles. The quantitative estimate of drug-likeness (QED) is 0.877. The predicted octanol–water partition coefficient (Wildman–Crippen LogP) is 4.64. The molecule has 0 radical (unpaired) electrons. The highest BCUT2D eigenvalue weighted by atomic mass is 35.5. The molecule has 0 fully saturated rings. The fraction of sp³-hybridized carbons (Fsp3) is 0.0833. The summed E-state index contributed by atoms with van der Waals surface area (Å²) < 4.78 is 0.424. The minimum absolute atomic E-state index is 0.191. The molecule has 0 bridgehead atoms. The molecule has 18 heavy (non-hydrogen) atoms. The van der Waals surface area contributed by atoms with Gasteiger partial charge in [0.05, 0.1) is 9.90 Å². The van der Waals surface area contributed by atoms with Crippen LogP contribution >= 0.6 is 46.1 Å². The van der Waals surface area contributed by atoms with Crippen molar-refractivity contribution < 1.29 is 4.79 Å². The number of thiophene rings is 1. The highest BCUT2D eigenvalue weighted by Crippen LogP contribution is 2.31. The van der Waals surface area contributed by atoms with Gasteiger partial charge in [-0.05, 0) is 23.8 Å². The number of nitrogens with one attached hydrogen (secondary N) is 1. The molecule has 0 unspecified atom stereocenters. The zero-order valence-corrected chi connectivity index (χ0v) is 12.1. The Balaban J connectivity index is 1.98. The smallest absolute Gasteiger partial charge is 0.261 e. The topological polar surface area (TPSA) is 29.1 Å². The van der Waals surface area contributed by atoms with E-state index in [0.29, 0.717) is 25.8 Å². The first-order valence-electron chi connectivity index (χ1n) is 5.04. The van der Waals surface area contributed by atoms with Crippen molar-refractivity contribution in [1.29, 1.82) is 0 Å². The van der Waals surface area contributed by atoms with Crippen LogP contribution in [0.4, 0.5) is 0 Å². The standard InChI is InChI=1S/C12H8Cl3NOS/c13-8-3-1-7(2-4-8)6-16-12(17)10-5-9(14)11(15)18-10/h1-5H,6H2,(H,16,17). The number of carbonyl (C=O) groups excluding carboxylic acids is 1. The van der Waals surface area contributed by atoms with E-state index in [2.05, 4.69) is 5.32 Å². The highest BCUT2D eigenvalue weighted by Gasteiger charge is 2.11. The predicted molar refractivity (Wildman–Crippen MR) is 77.0 cm³/mol. The van der Waals surface area contributed by atoms with Crippen LogP contribution in [0.3, 0.4) is 0 Å². The van der Waals surface area contributed by atoms with E-state index in [-0.39, 0.29) is 5.91 Å². The molecule has 2 aromatic rings. The van der Waals surface area contributed by atoms with Crippen LogP contribution in [0.2, 0.25) is 14.4 Å². The first-order valence-corrected chi connectivity index (χ1v) is 6.99. The summed E-state index contributed by atoms with van der Waals surface area (Å²) in [5.74, 6) is -0.191. The van der Waals surface area contributed by atoms with Crippen LogP contribution in [0.1, 0.15) is 15.2 Å². The fourth-order valence-electron chi connectivity index (χ4n) is 1.33. The van der Waals surface area contributed by atoms with Gasteiger partial charge in [-0.15, -0.1) is 11.3 Å². The highest BCUT2D eigenvalue weighted by molar-refractivity contribution is 7.18. The summed E-state index contributed by atoms with van der Waals surface area (Å²) >= 11 is 18.5. The fourth-order valence-corrected chi connectivity index (χ4v) is 2.74. The van der Waals surface area contributed by atoms with Crippen LogP contribution in [-0.4, -0.2) is 5.91 Å². The number of benzene rings is 1. The lowest BCUT2D eigenvalue weighted by Gasteiger charge is -2.03. The maximum Gasteiger partial charge on any atom is 0.261 e. The van der Waals surface area contributed by atoms with E-state index >= 15 is 0 Å². The van der Waals surface area contributed by atoms with E-state index in [1.165, 1.54) is 0 Å². The molecule has 2 rings (SSSR count). The summed E-state index contributed by atoms with van der Waals surface area (Å²) in [6.45, 7) is 0.434. The molecule has 0 spiro atoms. The third-order valence-corrected chi connectivity index (χ3v) is 4.35. The molecule has 2 nitrogen and oxygen atoms in total. The van der Waals surface area contributed by atoms with Gasteiger partial charge in [-0.25, -0.2) is 0 Å². The molecule has 94 valence electrons. The largest absolute Gasteiger partial charge is 0.347 e. The molecule has 1 heterocycles. The Bertz CT molecular complexity index is 546. The molecular formula is C12H8Cl3NOS. The molecule has 1 aromatic heterocycles. The van der Waals surface area contributed by atoms with E-state index in [1.54, 1.807) is 18.2 Å². The summed E-state index contributed by atoms with van der Waals surface area (Å²) in [5.41, 5.74) is 0.974. The summed E-state index contributed by atoms with van der Waals surface area (Å²) in [7, 11) is 0. The molecule has 0 aliphatic carbocycles.